The van der Waals surface area contributed by atoms with Crippen LogP contribution in [-0.4, -0.2) is 32.8 Å². The third-order valence-corrected chi connectivity index (χ3v) is 5.31. The molecule has 1 atom stereocenters. The van der Waals surface area contributed by atoms with Gasteiger partial charge >= 0.3 is 0 Å². The molecule has 0 saturated carbocycles. The standard InChI is InChI=1S/C21H24N4/c1-17-3-5-18(6-4-17)21(2)10-14-24(16-21)15-20-9-13-23-25(20)19-7-11-22-12-8-19/h3-9,11-13H,10,14-16H2,1-2H3. The summed E-state index contributed by atoms with van der Waals surface area (Å²) < 4.78 is 2.02. The zero-order valence-corrected chi connectivity index (χ0v) is 14.9. The Labute approximate surface area is 149 Å². The van der Waals surface area contributed by atoms with E-state index in [1.165, 1.54) is 23.2 Å². The van der Waals surface area contributed by atoms with Crippen molar-refractivity contribution in [2.75, 3.05) is 13.1 Å². The third kappa shape index (κ3) is 3.22. The van der Waals surface area contributed by atoms with Gasteiger partial charge in [-0.2, -0.15) is 5.10 Å². The van der Waals surface area contributed by atoms with Gasteiger partial charge in [0, 0.05) is 37.1 Å². The van der Waals surface area contributed by atoms with Crippen LogP contribution in [0.2, 0.25) is 0 Å². The van der Waals surface area contributed by atoms with Crippen LogP contribution in [0.4, 0.5) is 0 Å². The zero-order chi connectivity index (χ0) is 17.3. The van der Waals surface area contributed by atoms with E-state index in [9.17, 15) is 0 Å². The van der Waals surface area contributed by atoms with Gasteiger partial charge in [0.05, 0.1) is 11.4 Å². The lowest BCUT2D eigenvalue weighted by atomic mass is 9.81. The molecule has 0 aliphatic carbocycles. The van der Waals surface area contributed by atoms with Crippen molar-refractivity contribution in [3.8, 4) is 5.69 Å². The topological polar surface area (TPSA) is 34.0 Å². The largest absolute Gasteiger partial charge is 0.297 e. The highest BCUT2D eigenvalue weighted by molar-refractivity contribution is 5.31. The van der Waals surface area contributed by atoms with Gasteiger partial charge in [-0.15, -0.1) is 0 Å². The Morgan fingerprint density at radius 2 is 1.76 bits per heavy atom. The summed E-state index contributed by atoms with van der Waals surface area (Å²) >= 11 is 0. The van der Waals surface area contributed by atoms with Crippen LogP contribution in [0.25, 0.3) is 5.69 Å². The van der Waals surface area contributed by atoms with Crippen LogP contribution >= 0.6 is 0 Å². The number of benzene rings is 1. The van der Waals surface area contributed by atoms with Gasteiger partial charge in [-0.3, -0.25) is 9.88 Å². The Balaban J connectivity index is 1.51. The van der Waals surface area contributed by atoms with Crippen molar-refractivity contribution in [1.29, 1.82) is 0 Å². The lowest BCUT2D eigenvalue weighted by molar-refractivity contribution is 0.302. The number of pyridine rings is 1. The van der Waals surface area contributed by atoms with Crippen LogP contribution < -0.4 is 0 Å². The van der Waals surface area contributed by atoms with Gasteiger partial charge in [0.2, 0.25) is 0 Å². The van der Waals surface area contributed by atoms with E-state index in [-0.39, 0.29) is 5.41 Å². The van der Waals surface area contributed by atoms with Crippen molar-refractivity contribution in [3.63, 3.8) is 0 Å². The van der Waals surface area contributed by atoms with Crippen molar-refractivity contribution >= 4 is 0 Å². The Kier molecular flexibility index (Phi) is 4.14. The maximum Gasteiger partial charge on any atom is 0.0679 e. The van der Waals surface area contributed by atoms with E-state index >= 15 is 0 Å². The zero-order valence-electron chi connectivity index (χ0n) is 14.9. The average Bonchev–Trinajstić information content (AvgIpc) is 3.24. The fourth-order valence-electron chi connectivity index (χ4n) is 3.78. The molecule has 2 aromatic heterocycles. The summed E-state index contributed by atoms with van der Waals surface area (Å²) in [5, 5.41) is 4.49. The number of aryl methyl sites for hydroxylation is 1. The fraction of sp³-hybridized carbons (Fsp3) is 0.333. The smallest absolute Gasteiger partial charge is 0.0679 e. The molecule has 1 aromatic carbocycles. The molecular formula is C21H24N4. The van der Waals surface area contributed by atoms with Gasteiger partial charge < -0.3 is 0 Å². The van der Waals surface area contributed by atoms with Crippen molar-refractivity contribution in [2.24, 2.45) is 0 Å². The highest BCUT2D eigenvalue weighted by Gasteiger charge is 2.35. The number of nitrogens with zero attached hydrogens (tertiary/aromatic N) is 4. The molecule has 4 nitrogen and oxygen atoms in total. The SMILES string of the molecule is Cc1ccc(C2(C)CCN(Cc3ccnn3-c3ccncc3)C2)cc1. The Morgan fingerprint density at radius 1 is 1.00 bits per heavy atom. The number of hydrogen-bond donors (Lipinski definition) is 0. The number of hydrogen-bond acceptors (Lipinski definition) is 3. The van der Waals surface area contributed by atoms with Crippen LogP contribution in [-0.2, 0) is 12.0 Å². The van der Waals surface area contributed by atoms with Crippen LogP contribution in [0.3, 0.4) is 0 Å². The van der Waals surface area contributed by atoms with Crippen molar-refractivity contribution in [2.45, 2.75) is 32.2 Å². The third-order valence-electron chi connectivity index (χ3n) is 5.31. The predicted octanol–water partition coefficient (Wildman–Crippen LogP) is 3.74. The second-order valence-electron chi connectivity index (χ2n) is 7.33. The molecule has 4 rings (SSSR count). The highest BCUT2D eigenvalue weighted by Crippen LogP contribution is 2.35. The number of likely N-dealkylation sites (tertiary alicyclic amines) is 1. The second-order valence-corrected chi connectivity index (χ2v) is 7.33. The molecule has 1 unspecified atom stereocenters. The molecule has 0 N–H and O–H groups in total. The van der Waals surface area contributed by atoms with Crippen molar-refractivity contribution < 1.29 is 0 Å². The van der Waals surface area contributed by atoms with E-state index in [2.05, 4.69) is 59.2 Å². The highest BCUT2D eigenvalue weighted by atomic mass is 15.3. The van der Waals surface area contributed by atoms with E-state index in [4.69, 9.17) is 0 Å². The van der Waals surface area contributed by atoms with E-state index in [0.29, 0.717) is 0 Å². The quantitative estimate of drug-likeness (QED) is 0.730. The Bertz CT molecular complexity index is 838. The van der Waals surface area contributed by atoms with Gasteiger partial charge in [0.1, 0.15) is 0 Å². The van der Waals surface area contributed by atoms with E-state index < -0.39 is 0 Å². The van der Waals surface area contributed by atoms with Crippen LogP contribution in [0.1, 0.15) is 30.2 Å². The van der Waals surface area contributed by atoms with Crippen LogP contribution in [0.5, 0.6) is 0 Å². The van der Waals surface area contributed by atoms with Crippen molar-refractivity contribution in [3.05, 3.63) is 77.9 Å². The molecule has 0 spiro atoms. The fourth-order valence-corrected chi connectivity index (χ4v) is 3.78. The summed E-state index contributed by atoms with van der Waals surface area (Å²) in [6, 6.07) is 15.1. The minimum Gasteiger partial charge on any atom is -0.297 e. The molecule has 3 aromatic rings. The first kappa shape index (κ1) is 16.0. The number of aromatic nitrogens is 3. The molecule has 0 radical (unpaired) electrons. The Hall–Kier alpha value is -2.46. The minimum atomic E-state index is 0.231. The van der Waals surface area contributed by atoms with E-state index in [1.54, 1.807) is 0 Å². The second kappa shape index (κ2) is 6.45. The lowest BCUT2D eigenvalue weighted by Crippen LogP contribution is -2.28. The normalized spacial score (nSPS) is 20.9. The summed E-state index contributed by atoms with van der Waals surface area (Å²) in [6.45, 7) is 7.65. The monoisotopic (exact) mass is 332 g/mol. The predicted molar refractivity (Wildman–Crippen MR) is 99.8 cm³/mol. The van der Waals surface area contributed by atoms with Crippen molar-refractivity contribution in [1.82, 2.24) is 19.7 Å². The average molecular weight is 332 g/mol. The van der Waals surface area contributed by atoms with Gasteiger partial charge in [0.25, 0.3) is 0 Å². The summed E-state index contributed by atoms with van der Waals surface area (Å²) in [4.78, 5) is 6.63. The molecule has 128 valence electrons. The molecule has 1 fully saturated rings. The molecule has 1 saturated heterocycles. The van der Waals surface area contributed by atoms with Crippen LogP contribution in [0.15, 0.2) is 61.1 Å². The van der Waals surface area contributed by atoms with Gasteiger partial charge in [-0.1, -0.05) is 36.8 Å². The first-order chi connectivity index (χ1) is 12.1. The summed E-state index contributed by atoms with van der Waals surface area (Å²) in [5.41, 5.74) is 5.29. The maximum atomic E-state index is 4.49. The lowest BCUT2D eigenvalue weighted by Gasteiger charge is -2.25. The maximum absolute atomic E-state index is 4.49. The summed E-state index contributed by atoms with van der Waals surface area (Å²) in [7, 11) is 0. The first-order valence-corrected chi connectivity index (χ1v) is 8.87. The molecular weight excluding hydrogens is 308 g/mol. The molecule has 3 heterocycles. The Morgan fingerprint density at radius 3 is 2.52 bits per heavy atom. The van der Waals surface area contributed by atoms with Gasteiger partial charge in [0.15, 0.2) is 0 Å². The van der Waals surface area contributed by atoms with E-state index in [1.807, 2.05) is 35.4 Å². The van der Waals surface area contributed by atoms with Gasteiger partial charge in [-0.25, -0.2) is 4.68 Å². The molecule has 25 heavy (non-hydrogen) atoms. The summed E-state index contributed by atoms with van der Waals surface area (Å²) in [6.07, 6.45) is 6.70. The molecule has 1 aliphatic rings. The number of rotatable bonds is 4. The first-order valence-electron chi connectivity index (χ1n) is 8.87. The molecule has 0 bridgehead atoms. The summed E-state index contributed by atoms with van der Waals surface area (Å²) in [5.74, 6) is 0. The van der Waals surface area contributed by atoms with E-state index in [0.717, 1.165) is 25.3 Å². The molecule has 0 amide bonds. The minimum absolute atomic E-state index is 0.231. The molecule has 4 heteroatoms. The van der Waals surface area contributed by atoms with Gasteiger partial charge in [-0.05, 0) is 43.7 Å². The molecule has 1 aliphatic heterocycles. The van der Waals surface area contributed by atoms with Crippen LogP contribution in [0, 0.1) is 6.92 Å².